The molecule has 0 radical (unpaired) electrons. The number of rotatable bonds is 2. The van der Waals surface area contributed by atoms with E-state index in [1.54, 1.807) is 0 Å². The summed E-state index contributed by atoms with van der Waals surface area (Å²) in [5.41, 5.74) is 10.8. The molecule has 0 saturated carbocycles. The molecule has 0 bridgehead atoms. The Balaban J connectivity index is 1.03. The summed E-state index contributed by atoms with van der Waals surface area (Å²) in [7, 11) is 0. The van der Waals surface area contributed by atoms with Crippen LogP contribution in [0.25, 0.3) is 98.8 Å². The number of hydrogen-bond donors (Lipinski definition) is 0. The Morgan fingerprint density at radius 2 is 0.979 bits per heavy atom. The molecule has 10 aromatic rings. The molecule has 218 valence electrons. The van der Waals surface area contributed by atoms with Crippen molar-refractivity contribution >= 4 is 77.2 Å². The highest BCUT2D eigenvalue weighted by Crippen LogP contribution is 2.49. The summed E-state index contributed by atoms with van der Waals surface area (Å²) in [6.45, 7) is 0. The third-order valence-corrected chi connectivity index (χ3v) is 11.0. The van der Waals surface area contributed by atoms with E-state index >= 15 is 0 Å². The molecular formula is C44H24O2S. The summed E-state index contributed by atoms with van der Waals surface area (Å²) in [4.78, 5) is 2.62. The van der Waals surface area contributed by atoms with Gasteiger partial charge in [0, 0.05) is 36.7 Å². The Morgan fingerprint density at radius 1 is 0.340 bits per heavy atom. The van der Waals surface area contributed by atoms with Gasteiger partial charge in [0.1, 0.15) is 22.3 Å². The molecule has 2 aromatic heterocycles. The number of fused-ring (bicyclic) bond motifs is 9. The first-order valence-electron chi connectivity index (χ1n) is 15.9. The van der Waals surface area contributed by atoms with Gasteiger partial charge in [-0.15, -0.1) is 0 Å². The summed E-state index contributed by atoms with van der Waals surface area (Å²) in [5.74, 6) is 0. The first kappa shape index (κ1) is 25.4. The van der Waals surface area contributed by atoms with Gasteiger partial charge in [-0.3, -0.25) is 0 Å². The highest BCUT2D eigenvalue weighted by atomic mass is 32.2. The van der Waals surface area contributed by atoms with E-state index in [0.29, 0.717) is 0 Å². The summed E-state index contributed by atoms with van der Waals surface area (Å²) in [6.07, 6.45) is 0. The molecule has 11 rings (SSSR count). The third kappa shape index (κ3) is 3.69. The monoisotopic (exact) mass is 616 g/mol. The van der Waals surface area contributed by atoms with Crippen molar-refractivity contribution in [3.63, 3.8) is 0 Å². The van der Waals surface area contributed by atoms with E-state index in [9.17, 15) is 0 Å². The molecule has 47 heavy (non-hydrogen) atoms. The Hall–Kier alpha value is -5.77. The van der Waals surface area contributed by atoms with Gasteiger partial charge in [-0.25, -0.2) is 0 Å². The van der Waals surface area contributed by atoms with Crippen LogP contribution < -0.4 is 0 Å². The van der Waals surface area contributed by atoms with Crippen molar-refractivity contribution in [2.24, 2.45) is 0 Å². The molecule has 0 fully saturated rings. The van der Waals surface area contributed by atoms with Crippen molar-refractivity contribution in [1.29, 1.82) is 0 Å². The second-order valence-corrected chi connectivity index (χ2v) is 13.6. The minimum atomic E-state index is 0.884. The smallest absolute Gasteiger partial charge is 0.136 e. The van der Waals surface area contributed by atoms with Crippen molar-refractivity contribution in [3.05, 3.63) is 146 Å². The zero-order valence-electron chi connectivity index (χ0n) is 25.1. The van der Waals surface area contributed by atoms with Crippen LogP contribution in [0, 0.1) is 0 Å². The van der Waals surface area contributed by atoms with Crippen LogP contribution in [0.2, 0.25) is 0 Å². The molecule has 3 heteroatoms. The average Bonchev–Trinajstić information content (AvgIpc) is 3.67. The highest BCUT2D eigenvalue weighted by Gasteiger charge is 2.20. The maximum absolute atomic E-state index is 6.59. The van der Waals surface area contributed by atoms with Crippen LogP contribution in [-0.2, 0) is 0 Å². The predicted octanol–water partition coefficient (Wildman–Crippen LogP) is 13.3. The van der Waals surface area contributed by atoms with Gasteiger partial charge in [-0.2, -0.15) is 0 Å². The van der Waals surface area contributed by atoms with Gasteiger partial charge >= 0.3 is 0 Å². The Labute approximate surface area is 273 Å². The average molecular weight is 617 g/mol. The van der Waals surface area contributed by atoms with Gasteiger partial charge in [0.25, 0.3) is 0 Å². The fourth-order valence-electron chi connectivity index (χ4n) is 7.62. The number of benzene rings is 8. The van der Waals surface area contributed by atoms with Crippen LogP contribution in [0.3, 0.4) is 0 Å². The molecule has 0 unspecified atom stereocenters. The van der Waals surface area contributed by atoms with E-state index in [4.69, 9.17) is 8.83 Å². The molecule has 3 heterocycles. The zero-order chi connectivity index (χ0) is 30.6. The van der Waals surface area contributed by atoms with Crippen LogP contribution in [0.4, 0.5) is 0 Å². The first-order chi connectivity index (χ1) is 23.2. The molecule has 8 aromatic carbocycles. The molecule has 2 nitrogen and oxygen atoms in total. The van der Waals surface area contributed by atoms with E-state index in [1.807, 2.05) is 11.8 Å². The van der Waals surface area contributed by atoms with Crippen LogP contribution in [0.5, 0.6) is 0 Å². The topological polar surface area (TPSA) is 26.3 Å². The summed E-state index contributed by atoms with van der Waals surface area (Å²) >= 11 is 1.86. The van der Waals surface area contributed by atoms with E-state index in [1.165, 1.54) is 48.0 Å². The Kier molecular flexibility index (Phi) is 5.08. The first-order valence-corrected chi connectivity index (χ1v) is 16.7. The van der Waals surface area contributed by atoms with E-state index in [-0.39, 0.29) is 0 Å². The zero-order valence-corrected chi connectivity index (χ0v) is 25.9. The predicted molar refractivity (Wildman–Crippen MR) is 196 cm³/mol. The summed E-state index contributed by atoms with van der Waals surface area (Å²) < 4.78 is 13.0. The molecule has 1 aliphatic rings. The largest absolute Gasteiger partial charge is 0.456 e. The summed E-state index contributed by atoms with van der Waals surface area (Å²) in [5, 5.41) is 9.54. The lowest BCUT2D eigenvalue weighted by Gasteiger charge is -2.21. The van der Waals surface area contributed by atoms with Gasteiger partial charge in [0.2, 0.25) is 0 Å². The van der Waals surface area contributed by atoms with E-state index < -0.39 is 0 Å². The second kappa shape index (κ2) is 9.38. The van der Waals surface area contributed by atoms with Crippen molar-refractivity contribution < 1.29 is 8.83 Å². The van der Waals surface area contributed by atoms with Gasteiger partial charge in [0.15, 0.2) is 0 Å². The molecular weight excluding hydrogens is 593 g/mol. The lowest BCUT2D eigenvalue weighted by atomic mass is 9.94. The lowest BCUT2D eigenvalue weighted by molar-refractivity contribution is 0.668. The van der Waals surface area contributed by atoms with Crippen LogP contribution in [-0.4, -0.2) is 0 Å². The number of furan rings is 2. The number of hydrogen-bond acceptors (Lipinski definition) is 3. The van der Waals surface area contributed by atoms with E-state index in [0.717, 1.165) is 60.6 Å². The van der Waals surface area contributed by atoms with Crippen LogP contribution in [0.1, 0.15) is 0 Å². The molecule has 0 amide bonds. The minimum Gasteiger partial charge on any atom is -0.456 e. The standard InChI is InChI=1S/C44H24O2S/c1-2-7-27-22-40-36(21-26(27)6-1)44-31(10-5-12-37(44)45-40)30-15-18-33-32-17-14-29(23-38(32)46-39(33)24-30)28-16-19-41-35(20-28)34-11-3-8-25-9-4-13-42(47-41)43(25)34/h1-24H. The van der Waals surface area contributed by atoms with Crippen LogP contribution in [0.15, 0.2) is 164 Å². The molecule has 0 N–H and O–H groups in total. The highest BCUT2D eigenvalue weighted by molar-refractivity contribution is 7.99. The van der Waals surface area contributed by atoms with Crippen LogP contribution >= 0.6 is 11.8 Å². The Bertz CT molecular complexity index is 2940. The molecule has 0 spiro atoms. The SMILES string of the molecule is c1ccc2cc3c(cc2c1)oc1cccc(-c2ccc4c(c2)oc2cc(-c5ccc6c(c5)-c5cccc7cccc(c57)S6)ccc24)c13. The Morgan fingerprint density at radius 3 is 1.85 bits per heavy atom. The van der Waals surface area contributed by atoms with Crippen molar-refractivity contribution in [3.8, 4) is 33.4 Å². The van der Waals surface area contributed by atoms with Gasteiger partial charge in [-0.1, -0.05) is 96.7 Å². The fraction of sp³-hybridized carbons (Fsp3) is 0. The third-order valence-electron chi connectivity index (χ3n) is 9.84. The van der Waals surface area contributed by atoms with Gasteiger partial charge in [-0.05, 0) is 110 Å². The maximum Gasteiger partial charge on any atom is 0.136 e. The second-order valence-electron chi connectivity index (χ2n) is 12.5. The van der Waals surface area contributed by atoms with Crippen molar-refractivity contribution in [1.82, 2.24) is 0 Å². The van der Waals surface area contributed by atoms with Crippen molar-refractivity contribution in [2.75, 3.05) is 0 Å². The fourth-order valence-corrected chi connectivity index (χ4v) is 8.75. The lowest BCUT2D eigenvalue weighted by Crippen LogP contribution is -1.93. The molecule has 0 aliphatic carbocycles. The van der Waals surface area contributed by atoms with Gasteiger partial charge in [0.05, 0.1) is 0 Å². The summed E-state index contributed by atoms with van der Waals surface area (Å²) in [6, 6.07) is 52.4. The molecule has 1 aliphatic heterocycles. The van der Waals surface area contributed by atoms with Gasteiger partial charge < -0.3 is 8.83 Å². The molecule has 0 saturated heterocycles. The van der Waals surface area contributed by atoms with Crippen molar-refractivity contribution in [2.45, 2.75) is 9.79 Å². The molecule has 0 atom stereocenters. The maximum atomic E-state index is 6.59. The quantitative estimate of drug-likeness (QED) is 0.193. The van der Waals surface area contributed by atoms with E-state index in [2.05, 4.69) is 146 Å². The normalized spacial score (nSPS) is 12.6. The minimum absolute atomic E-state index is 0.884.